The second-order valence-corrected chi connectivity index (χ2v) is 5.38. The Kier molecular flexibility index (Phi) is 3.41. The molecule has 0 radical (unpaired) electrons. The molecule has 0 unspecified atom stereocenters. The minimum absolute atomic E-state index is 0.328. The zero-order valence-corrected chi connectivity index (χ0v) is 11.9. The summed E-state index contributed by atoms with van der Waals surface area (Å²) in [6.07, 6.45) is 1.69. The molecule has 2 aromatic heterocycles. The average molecular weight is 272 g/mol. The van der Waals surface area contributed by atoms with E-state index in [1.165, 1.54) is 6.07 Å². The van der Waals surface area contributed by atoms with Gasteiger partial charge in [-0.3, -0.25) is 0 Å². The summed E-state index contributed by atoms with van der Waals surface area (Å²) in [4.78, 5) is 12.2. The molecule has 5 heteroatoms. The van der Waals surface area contributed by atoms with E-state index in [0.717, 1.165) is 0 Å². The number of aromatic nitrogens is 1. The maximum absolute atomic E-state index is 12.2. The first kappa shape index (κ1) is 13.9. The maximum Gasteiger partial charge on any atom is 0.355 e. The first-order valence-electron chi connectivity index (χ1n) is 6.18. The van der Waals surface area contributed by atoms with Crippen LogP contribution in [0, 0.1) is 11.3 Å². The quantitative estimate of drug-likeness (QED) is 0.788. The Labute approximate surface area is 117 Å². The largest absolute Gasteiger partial charge is 0.497 e. The van der Waals surface area contributed by atoms with Crippen molar-refractivity contribution in [1.29, 1.82) is 5.26 Å². The van der Waals surface area contributed by atoms with Crippen molar-refractivity contribution in [2.24, 2.45) is 0 Å². The van der Waals surface area contributed by atoms with E-state index >= 15 is 0 Å². The lowest BCUT2D eigenvalue weighted by Gasteiger charge is -2.19. The number of esters is 1. The molecule has 2 heterocycles. The summed E-state index contributed by atoms with van der Waals surface area (Å²) in [6.45, 7) is 5.40. The number of fused-ring (bicyclic) bond motifs is 1. The molecule has 0 saturated carbocycles. The number of ether oxygens (including phenoxy) is 2. The third kappa shape index (κ3) is 2.59. The van der Waals surface area contributed by atoms with Gasteiger partial charge in [-0.1, -0.05) is 0 Å². The van der Waals surface area contributed by atoms with Crippen molar-refractivity contribution in [3.8, 4) is 11.8 Å². The van der Waals surface area contributed by atoms with Crippen LogP contribution in [0.5, 0.6) is 5.75 Å². The van der Waals surface area contributed by atoms with Gasteiger partial charge in [0.2, 0.25) is 0 Å². The molecule has 0 aliphatic rings. The van der Waals surface area contributed by atoms with Crippen molar-refractivity contribution in [3.63, 3.8) is 0 Å². The lowest BCUT2D eigenvalue weighted by atomic mass is 10.2. The normalized spacial score (nSPS) is 11.2. The Morgan fingerprint density at radius 1 is 1.35 bits per heavy atom. The van der Waals surface area contributed by atoms with E-state index in [1.54, 1.807) is 50.6 Å². The number of hydrogen-bond donors (Lipinski definition) is 0. The van der Waals surface area contributed by atoms with Crippen molar-refractivity contribution in [2.75, 3.05) is 7.11 Å². The minimum Gasteiger partial charge on any atom is -0.497 e. The number of nitriles is 1. The average Bonchev–Trinajstić information content (AvgIpc) is 2.74. The molecule has 20 heavy (non-hydrogen) atoms. The molecule has 5 nitrogen and oxygen atoms in total. The van der Waals surface area contributed by atoms with E-state index in [1.807, 2.05) is 0 Å². The van der Waals surface area contributed by atoms with E-state index < -0.39 is 11.6 Å². The summed E-state index contributed by atoms with van der Waals surface area (Å²) in [5, 5.41) is 9.17. The van der Waals surface area contributed by atoms with Gasteiger partial charge in [0.1, 0.15) is 23.1 Å². The highest BCUT2D eigenvalue weighted by atomic mass is 16.6. The molecule has 0 aliphatic heterocycles. The Morgan fingerprint density at radius 2 is 2.05 bits per heavy atom. The fraction of sp³-hybridized carbons (Fsp3) is 0.333. The van der Waals surface area contributed by atoms with Crippen LogP contribution in [0.1, 0.15) is 36.8 Å². The molecule has 2 rings (SSSR count). The number of hydrogen-bond acceptors (Lipinski definition) is 4. The van der Waals surface area contributed by atoms with Gasteiger partial charge >= 0.3 is 5.97 Å². The second-order valence-electron chi connectivity index (χ2n) is 5.38. The monoisotopic (exact) mass is 272 g/mol. The molecular formula is C15H16N2O3. The van der Waals surface area contributed by atoms with Crippen LogP contribution in [0.15, 0.2) is 24.4 Å². The Hall–Kier alpha value is -2.48. The molecule has 0 bridgehead atoms. The van der Waals surface area contributed by atoms with Gasteiger partial charge in [0.15, 0.2) is 0 Å². The maximum atomic E-state index is 12.2. The van der Waals surface area contributed by atoms with Gasteiger partial charge in [0.05, 0.1) is 18.2 Å². The van der Waals surface area contributed by atoms with Crippen LogP contribution < -0.4 is 4.74 Å². The molecule has 0 fully saturated rings. The number of pyridine rings is 1. The van der Waals surface area contributed by atoms with Gasteiger partial charge < -0.3 is 13.9 Å². The number of methoxy groups -OCH3 is 1. The Bertz CT molecular complexity index is 702. The predicted molar refractivity (Wildman–Crippen MR) is 73.8 cm³/mol. The molecule has 104 valence electrons. The summed E-state index contributed by atoms with van der Waals surface area (Å²) in [6, 6.07) is 7.04. The third-order valence-corrected chi connectivity index (χ3v) is 2.71. The van der Waals surface area contributed by atoms with Crippen molar-refractivity contribution in [1.82, 2.24) is 4.40 Å². The van der Waals surface area contributed by atoms with Gasteiger partial charge in [-0.2, -0.15) is 5.26 Å². The van der Waals surface area contributed by atoms with Crippen LogP contribution >= 0.6 is 0 Å². The van der Waals surface area contributed by atoms with Crippen molar-refractivity contribution in [3.05, 3.63) is 35.7 Å². The van der Waals surface area contributed by atoms with Crippen LogP contribution in [0.4, 0.5) is 0 Å². The molecular weight excluding hydrogens is 256 g/mol. The summed E-state index contributed by atoms with van der Waals surface area (Å²) in [5.41, 5.74) is 0.771. The number of rotatable bonds is 2. The van der Waals surface area contributed by atoms with E-state index in [9.17, 15) is 10.1 Å². The summed E-state index contributed by atoms with van der Waals surface area (Å²) >= 11 is 0. The molecule has 0 spiro atoms. The van der Waals surface area contributed by atoms with Crippen LogP contribution in [0.2, 0.25) is 0 Å². The van der Waals surface area contributed by atoms with E-state index in [0.29, 0.717) is 22.5 Å². The highest BCUT2D eigenvalue weighted by Gasteiger charge is 2.22. The highest BCUT2D eigenvalue weighted by Crippen LogP contribution is 2.23. The van der Waals surface area contributed by atoms with Crippen molar-refractivity contribution >= 4 is 11.5 Å². The van der Waals surface area contributed by atoms with Gasteiger partial charge in [0.25, 0.3) is 0 Å². The smallest absolute Gasteiger partial charge is 0.355 e. The van der Waals surface area contributed by atoms with Gasteiger partial charge in [-0.25, -0.2) is 4.79 Å². The van der Waals surface area contributed by atoms with Gasteiger partial charge in [-0.05, 0) is 32.9 Å². The summed E-state index contributed by atoms with van der Waals surface area (Å²) < 4.78 is 12.1. The molecule has 0 aromatic carbocycles. The Balaban J connectivity index is 2.55. The first-order valence-corrected chi connectivity index (χ1v) is 6.18. The summed E-state index contributed by atoms with van der Waals surface area (Å²) in [7, 11) is 1.55. The van der Waals surface area contributed by atoms with E-state index in [-0.39, 0.29) is 0 Å². The van der Waals surface area contributed by atoms with E-state index in [2.05, 4.69) is 6.07 Å². The highest BCUT2D eigenvalue weighted by molar-refractivity contribution is 5.91. The number of carbonyl (C=O) groups is 1. The molecule has 0 atom stereocenters. The fourth-order valence-electron chi connectivity index (χ4n) is 1.88. The van der Waals surface area contributed by atoms with Crippen LogP contribution in [0.25, 0.3) is 5.52 Å². The van der Waals surface area contributed by atoms with Gasteiger partial charge in [0, 0.05) is 12.3 Å². The third-order valence-electron chi connectivity index (χ3n) is 2.71. The minimum atomic E-state index is -0.583. The Morgan fingerprint density at radius 3 is 2.60 bits per heavy atom. The molecule has 0 amide bonds. The summed E-state index contributed by atoms with van der Waals surface area (Å²) in [5.74, 6) is 0.169. The SMILES string of the molecule is COc1ccn2c(C(=O)OC(C)(C)C)cc(C#N)c2c1. The second kappa shape index (κ2) is 4.89. The fourth-order valence-corrected chi connectivity index (χ4v) is 1.88. The molecule has 0 N–H and O–H groups in total. The standard InChI is InChI=1S/C15H16N2O3/c1-15(2,3)20-14(18)13-7-10(9-16)12-8-11(19-4)5-6-17(12)13/h5-8H,1-4H3. The lowest BCUT2D eigenvalue weighted by molar-refractivity contribution is 0.00618. The number of carbonyl (C=O) groups excluding carboxylic acids is 1. The zero-order chi connectivity index (χ0) is 14.9. The van der Waals surface area contributed by atoms with Crippen LogP contribution in [-0.2, 0) is 4.74 Å². The molecule has 0 saturated heterocycles. The lowest BCUT2D eigenvalue weighted by Crippen LogP contribution is -2.24. The predicted octanol–water partition coefficient (Wildman–Crippen LogP) is 2.77. The molecule has 2 aromatic rings. The van der Waals surface area contributed by atoms with Crippen LogP contribution in [-0.4, -0.2) is 23.1 Å². The first-order chi connectivity index (χ1) is 9.35. The topological polar surface area (TPSA) is 63.7 Å². The van der Waals surface area contributed by atoms with Crippen molar-refractivity contribution in [2.45, 2.75) is 26.4 Å². The number of nitrogens with zero attached hydrogens (tertiary/aromatic N) is 2. The van der Waals surface area contributed by atoms with Crippen LogP contribution in [0.3, 0.4) is 0 Å². The van der Waals surface area contributed by atoms with E-state index in [4.69, 9.17) is 9.47 Å². The zero-order valence-electron chi connectivity index (χ0n) is 11.9. The molecule has 0 aliphatic carbocycles. The van der Waals surface area contributed by atoms with Crippen molar-refractivity contribution < 1.29 is 14.3 Å². The van der Waals surface area contributed by atoms with Gasteiger partial charge in [-0.15, -0.1) is 0 Å².